The minimum absolute atomic E-state index is 0.486. The van der Waals surface area contributed by atoms with Crippen LogP contribution in [0.25, 0.3) is 0 Å². The summed E-state index contributed by atoms with van der Waals surface area (Å²) in [6.45, 7) is 3.94. The fourth-order valence-corrected chi connectivity index (χ4v) is 5.77. The van der Waals surface area contributed by atoms with Crippen molar-refractivity contribution in [2.75, 3.05) is 19.6 Å². The van der Waals surface area contributed by atoms with E-state index in [4.69, 9.17) is 5.73 Å². The fraction of sp³-hybridized carbons (Fsp3) is 1.00. The summed E-state index contributed by atoms with van der Waals surface area (Å²) in [6.07, 6.45) is 10.3. The van der Waals surface area contributed by atoms with Crippen LogP contribution in [0, 0.1) is 29.6 Å². The molecule has 2 nitrogen and oxygen atoms in total. The van der Waals surface area contributed by atoms with Crippen molar-refractivity contribution < 1.29 is 0 Å². The molecule has 1 heterocycles. The van der Waals surface area contributed by atoms with Crippen LogP contribution in [0.5, 0.6) is 0 Å². The molecule has 0 aromatic rings. The summed E-state index contributed by atoms with van der Waals surface area (Å²) in [5.74, 6) is 5.48. The van der Waals surface area contributed by atoms with E-state index in [1.165, 1.54) is 32.5 Å². The smallest absolute Gasteiger partial charge is 0.00631 e. The maximum absolute atomic E-state index is 6.02. The van der Waals surface area contributed by atoms with Crippen molar-refractivity contribution in [1.29, 1.82) is 0 Å². The lowest BCUT2D eigenvalue weighted by Gasteiger charge is -2.55. The van der Waals surface area contributed by atoms with Gasteiger partial charge in [0.05, 0.1) is 0 Å². The van der Waals surface area contributed by atoms with E-state index in [9.17, 15) is 0 Å². The van der Waals surface area contributed by atoms with Gasteiger partial charge in [-0.2, -0.15) is 0 Å². The lowest BCUT2D eigenvalue weighted by Crippen LogP contribution is -2.50. The molecule has 2 heteroatoms. The molecule has 4 bridgehead atoms. The van der Waals surface area contributed by atoms with Crippen molar-refractivity contribution in [3.63, 3.8) is 0 Å². The molecular formula is C16H28N2. The van der Waals surface area contributed by atoms with Gasteiger partial charge >= 0.3 is 0 Å². The third-order valence-corrected chi connectivity index (χ3v) is 6.52. The van der Waals surface area contributed by atoms with E-state index in [2.05, 4.69) is 4.90 Å². The molecule has 0 spiro atoms. The monoisotopic (exact) mass is 248 g/mol. The van der Waals surface area contributed by atoms with E-state index < -0.39 is 0 Å². The molecule has 0 aromatic carbocycles. The Bertz CT molecular complexity index is 278. The highest BCUT2D eigenvalue weighted by atomic mass is 15.1. The molecular weight excluding hydrogens is 220 g/mol. The van der Waals surface area contributed by atoms with Crippen molar-refractivity contribution in [1.82, 2.24) is 4.90 Å². The van der Waals surface area contributed by atoms with Crippen LogP contribution < -0.4 is 5.73 Å². The first-order valence-corrected chi connectivity index (χ1v) is 8.26. The van der Waals surface area contributed by atoms with E-state index in [0.29, 0.717) is 6.04 Å². The van der Waals surface area contributed by atoms with E-state index in [-0.39, 0.29) is 0 Å². The van der Waals surface area contributed by atoms with Crippen LogP contribution in [0.1, 0.15) is 44.9 Å². The minimum atomic E-state index is 0.486. The van der Waals surface area contributed by atoms with Crippen molar-refractivity contribution in [2.45, 2.75) is 51.0 Å². The van der Waals surface area contributed by atoms with Crippen LogP contribution in [0.15, 0.2) is 0 Å². The Labute approximate surface area is 111 Å². The third-order valence-electron chi connectivity index (χ3n) is 6.52. The number of hydrogen-bond donors (Lipinski definition) is 1. The van der Waals surface area contributed by atoms with Crippen molar-refractivity contribution >= 4 is 0 Å². The Kier molecular flexibility index (Phi) is 2.92. The molecule has 0 unspecified atom stereocenters. The molecule has 5 aliphatic rings. The van der Waals surface area contributed by atoms with Gasteiger partial charge in [0.15, 0.2) is 0 Å². The second-order valence-corrected chi connectivity index (χ2v) is 7.73. The Morgan fingerprint density at radius 3 is 1.94 bits per heavy atom. The number of nitrogens with two attached hydrogens (primary N) is 1. The quantitative estimate of drug-likeness (QED) is 0.813. The van der Waals surface area contributed by atoms with Crippen LogP contribution in [-0.4, -0.2) is 30.6 Å². The van der Waals surface area contributed by atoms with Crippen molar-refractivity contribution in [2.24, 2.45) is 35.3 Å². The summed E-state index contributed by atoms with van der Waals surface area (Å²) in [4.78, 5) is 2.73. The summed E-state index contributed by atoms with van der Waals surface area (Å²) in [7, 11) is 0. The fourth-order valence-electron chi connectivity index (χ4n) is 5.77. The second kappa shape index (κ2) is 4.49. The largest absolute Gasteiger partial charge is 0.328 e. The molecule has 5 fully saturated rings. The van der Waals surface area contributed by atoms with Crippen LogP contribution in [0.3, 0.4) is 0 Å². The molecule has 5 rings (SSSR count). The Balaban J connectivity index is 1.40. The average Bonchev–Trinajstić information content (AvgIpc) is 2.35. The zero-order chi connectivity index (χ0) is 12.1. The summed E-state index contributed by atoms with van der Waals surface area (Å²) in [5, 5.41) is 0. The maximum atomic E-state index is 6.02. The highest BCUT2D eigenvalue weighted by molar-refractivity contribution is 4.99. The SMILES string of the molecule is NC1CCN(CC2C3CC4CC(C3)CC2C4)CC1. The lowest BCUT2D eigenvalue weighted by atomic mass is 9.52. The molecule has 4 saturated carbocycles. The predicted molar refractivity (Wildman–Crippen MR) is 74.2 cm³/mol. The van der Waals surface area contributed by atoms with Crippen LogP contribution >= 0.6 is 0 Å². The topological polar surface area (TPSA) is 29.3 Å². The van der Waals surface area contributed by atoms with Gasteiger partial charge < -0.3 is 10.6 Å². The summed E-state index contributed by atoms with van der Waals surface area (Å²) in [6, 6.07) is 0.486. The van der Waals surface area contributed by atoms with Gasteiger partial charge in [-0.05, 0) is 87.6 Å². The number of piperidine rings is 1. The summed E-state index contributed by atoms with van der Waals surface area (Å²) in [5.41, 5.74) is 6.02. The average molecular weight is 248 g/mol. The highest BCUT2D eigenvalue weighted by Gasteiger charge is 2.48. The van der Waals surface area contributed by atoms with Gasteiger partial charge in [-0.15, -0.1) is 0 Å². The van der Waals surface area contributed by atoms with E-state index in [1.54, 1.807) is 32.1 Å². The van der Waals surface area contributed by atoms with Gasteiger partial charge in [0, 0.05) is 12.6 Å². The molecule has 0 atom stereocenters. The van der Waals surface area contributed by atoms with Gasteiger partial charge in [0.25, 0.3) is 0 Å². The van der Waals surface area contributed by atoms with E-state index in [0.717, 1.165) is 29.6 Å². The van der Waals surface area contributed by atoms with E-state index >= 15 is 0 Å². The second-order valence-electron chi connectivity index (χ2n) is 7.73. The summed E-state index contributed by atoms with van der Waals surface area (Å²) < 4.78 is 0. The number of nitrogens with zero attached hydrogens (tertiary/aromatic N) is 1. The molecule has 0 amide bonds. The Morgan fingerprint density at radius 1 is 0.833 bits per heavy atom. The van der Waals surface area contributed by atoms with Gasteiger partial charge in [-0.3, -0.25) is 0 Å². The zero-order valence-corrected chi connectivity index (χ0v) is 11.6. The van der Waals surface area contributed by atoms with Crippen LogP contribution in [-0.2, 0) is 0 Å². The molecule has 4 aliphatic carbocycles. The van der Waals surface area contributed by atoms with Gasteiger partial charge in [0.2, 0.25) is 0 Å². The number of hydrogen-bond acceptors (Lipinski definition) is 2. The third kappa shape index (κ3) is 2.02. The number of rotatable bonds is 2. The van der Waals surface area contributed by atoms with Crippen LogP contribution in [0.4, 0.5) is 0 Å². The first-order chi connectivity index (χ1) is 8.78. The predicted octanol–water partition coefficient (Wildman–Crippen LogP) is 2.48. The lowest BCUT2D eigenvalue weighted by molar-refractivity contribution is -0.0509. The zero-order valence-electron chi connectivity index (χ0n) is 11.6. The van der Waals surface area contributed by atoms with Gasteiger partial charge in [0.1, 0.15) is 0 Å². The minimum Gasteiger partial charge on any atom is -0.328 e. The Hall–Kier alpha value is -0.0800. The molecule has 102 valence electrons. The standard InChI is InChI=1S/C16H28N2/c17-15-1-3-18(4-2-15)10-16-13-6-11-5-12(8-13)9-14(16)7-11/h11-16H,1-10,17H2. The highest BCUT2D eigenvalue weighted by Crippen LogP contribution is 2.56. The van der Waals surface area contributed by atoms with Gasteiger partial charge in [-0.25, -0.2) is 0 Å². The van der Waals surface area contributed by atoms with Gasteiger partial charge in [-0.1, -0.05) is 0 Å². The molecule has 1 saturated heterocycles. The van der Waals surface area contributed by atoms with Crippen molar-refractivity contribution in [3.05, 3.63) is 0 Å². The normalized spacial score (nSPS) is 48.8. The Morgan fingerprint density at radius 2 is 1.39 bits per heavy atom. The molecule has 1 aliphatic heterocycles. The summed E-state index contributed by atoms with van der Waals surface area (Å²) >= 11 is 0. The molecule has 2 N–H and O–H groups in total. The first kappa shape index (κ1) is 11.7. The van der Waals surface area contributed by atoms with Crippen LogP contribution in [0.2, 0.25) is 0 Å². The maximum Gasteiger partial charge on any atom is 0.00631 e. The first-order valence-electron chi connectivity index (χ1n) is 8.26. The van der Waals surface area contributed by atoms with Crippen molar-refractivity contribution in [3.8, 4) is 0 Å². The molecule has 0 radical (unpaired) electrons. The molecule has 0 aromatic heterocycles. The number of likely N-dealkylation sites (tertiary alicyclic amines) is 1. The molecule has 18 heavy (non-hydrogen) atoms. The van der Waals surface area contributed by atoms with E-state index in [1.807, 2.05) is 0 Å².